The van der Waals surface area contributed by atoms with Crippen molar-refractivity contribution in [2.45, 2.75) is 46.5 Å². The second-order valence-corrected chi connectivity index (χ2v) is 5.43. The summed E-state index contributed by atoms with van der Waals surface area (Å²) in [4.78, 5) is 11.4. The minimum atomic E-state index is -4.49. The third kappa shape index (κ3) is 5.28. The molecule has 1 N–H and O–H groups in total. The molecule has 1 aromatic carbocycles. The Balaban J connectivity index is 3.00. The molecule has 0 radical (unpaired) electrons. The molecule has 0 saturated heterocycles. The summed E-state index contributed by atoms with van der Waals surface area (Å²) < 4.78 is 44.1. The summed E-state index contributed by atoms with van der Waals surface area (Å²) in [5.74, 6) is -0.895. The van der Waals surface area contributed by atoms with Gasteiger partial charge in [0.05, 0.1) is 11.5 Å². The van der Waals surface area contributed by atoms with E-state index in [2.05, 4.69) is 5.32 Å². The smallest absolute Gasteiger partial charge is 0.416 e. The van der Waals surface area contributed by atoms with Gasteiger partial charge in [0.1, 0.15) is 6.61 Å². The molecule has 118 valence electrons. The molecular weight excluding hydrogens is 283 g/mol. The lowest BCUT2D eigenvalue weighted by molar-refractivity contribution is -0.150. The molecule has 0 atom stereocenters. The van der Waals surface area contributed by atoms with Crippen LogP contribution in [0.1, 0.15) is 38.8 Å². The number of hydrogen-bond donors (Lipinski definition) is 1. The predicted molar refractivity (Wildman–Crippen MR) is 74.8 cm³/mol. The van der Waals surface area contributed by atoms with Crippen molar-refractivity contribution in [3.8, 4) is 0 Å². The standard InChI is InChI=1S/C15H20F3NO2/c1-9(2)14(20)21-8-11-5-6-12(19-10(3)4)7-13(11)15(16,17)18/h5-7,9-10,19H,8H2,1-4H3. The van der Waals surface area contributed by atoms with E-state index in [0.717, 1.165) is 6.07 Å². The fourth-order valence-electron chi connectivity index (χ4n) is 1.70. The Kier molecular flexibility index (Phi) is 5.63. The van der Waals surface area contributed by atoms with Crippen molar-refractivity contribution in [1.29, 1.82) is 0 Å². The number of carbonyl (C=O) groups is 1. The fraction of sp³-hybridized carbons (Fsp3) is 0.533. The van der Waals surface area contributed by atoms with E-state index in [1.807, 2.05) is 13.8 Å². The molecular formula is C15H20F3NO2. The van der Waals surface area contributed by atoms with Crippen LogP contribution in [-0.2, 0) is 22.3 Å². The molecule has 0 unspecified atom stereocenters. The normalized spacial score (nSPS) is 11.9. The first-order valence-electron chi connectivity index (χ1n) is 6.74. The lowest BCUT2D eigenvalue weighted by Gasteiger charge is -2.17. The minimum absolute atomic E-state index is 0.0238. The van der Waals surface area contributed by atoms with Crippen LogP contribution in [0.15, 0.2) is 18.2 Å². The maximum Gasteiger partial charge on any atom is 0.416 e. The molecule has 21 heavy (non-hydrogen) atoms. The monoisotopic (exact) mass is 303 g/mol. The lowest BCUT2D eigenvalue weighted by atomic mass is 10.1. The molecule has 0 aliphatic heterocycles. The first-order valence-corrected chi connectivity index (χ1v) is 6.74. The molecule has 0 saturated carbocycles. The maximum atomic E-state index is 13.1. The molecule has 0 aliphatic carbocycles. The number of carbonyl (C=O) groups excluding carboxylic acids is 1. The lowest BCUT2D eigenvalue weighted by Crippen LogP contribution is -2.16. The Hall–Kier alpha value is -1.72. The van der Waals surface area contributed by atoms with Crippen molar-refractivity contribution in [3.63, 3.8) is 0 Å². The Morgan fingerprint density at radius 3 is 2.33 bits per heavy atom. The van der Waals surface area contributed by atoms with Crippen LogP contribution in [0.4, 0.5) is 18.9 Å². The van der Waals surface area contributed by atoms with Crippen molar-refractivity contribution >= 4 is 11.7 Å². The van der Waals surface area contributed by atoms with Crippen molar-refractivity contribution in [3.05, 3.63) is 29.3 Å². The van der Waals surface area contributed by atoms with Gasteiger partial charge in [-0.1, -0.05) is 19.9 Å². The van der Waals surface area contributed by atoms with E-state index in [9.17, 15) is 18.0 Å². The van der Waals surface area contributed by atoms with Crippen molar-refractivity contribution < 1.29 is 22.7 Å². The molecule has 1 aromatic rings. The average molecular weight is 303 g/mol. The van der Waals surface area contributed by atoms with Crippen LogP contribution in [0.3, 0.4) is 0 Å². The number of nitrogens with one attached hydrogen (secondary N) is 1. The van der Waals surface area contributed by atoms with Gasteiger partial charge in [0, 0.05) is 17.3 Å². The molecule has 0 spiro atoms. The first kappa shape index (κ1) is 17.3. The van der Waals surface area contributed by atoms with E-state index in [1.54, 1.807) is 19.9 Å². The third-order valence-electron chi connectivity index (χ3n) is 2.71. The minimum Gasteiger partial charge on any atom is -0.461 e. The number of halogens is 3. The van der Waals surface area contributed by atoms with E-state index in [0.29, 0.717) is 5.69 Å². The number of anilines is 1. The van der Waals surface area contributed by atoms with Crippen LogP contribution in [-0.4, -0.2) is 12.0 Å². The predicted octanol–water partition coefficient (Wildman–Crippen LogP) is 4.22. The average Bonchev–Trinajstić information content (AvgIpc) is 2.34. The number of benzene rings is 1. The van der Waals surface area contributed by atoms with Gasteiger partial charge in [-0.15, -0.1) is 0 Å². The van der Waals surface area contributed by atoms with E-state index < -0.39 is 17.7 Å². The van der Waals surface area contributed by atoms with Gasteiger partial charge >= 0.3 is 12.1 Å². The van der Waals surface area contributed by atoms with Crippen LogP contribution in [0.5, 0.6) is 0 Å². The van der Waals surface area contributed by atoms with Gasteiger partial charge in [0.25, 0.3) is 0 Å². The van der Waals surface area contributed by atoms with Crippen LogP contribution in [0.25, 0.3) is 0 Å². The van der Waals surface area contributed by atoms with Gasteiger partial charge in [-0.2, -0.15) is 13.2 Å². The van der Waals surface area contributed by atoms with E-state index in [4.69, 9.17) is 4.74 Å². The Morgan fingerprint density at radius 1 is 1.24 bits per heavy atom. The molecule has 1 rings (SSSR count). The summed E-state index contributed by atoms with van der Waals surface area (Å²) in [6.07, 6.45) is -4.49. The zero-order valence-corrected chi connectivity index (χ0v) is 12.5. The summed E-state index contributed by atoms with van der Waals surface area (Å²) >= 11 is 0. The number of rotatable bonds is 5. The highest BCUT2D eigenvalue weighted by Gasteiger charge is 2.34. The molecule has 6 heteroatoms. The highest BCUT2D eigenvalue weighted by molar-refractivity contribution is 5.71. The van der Waals surface area contributed by atoms with E-state index in [1.165, 1.54) is 6.07 Å². The van der Waals surface area contributed by atoms with Crippen molar-refractivity contribution in [2.24, 2.45) is 5.92 Å². The van der Waals surface area contributed by atoms with Crippen LogP contribution >= 0.6 is 0 Å². The quantitative estimate of drug-likeness (QED) is 0.827. The molecule has 0 fully saturated rings. The molecule has 0 aromatic heterocycles. The van der Waals surface area contributed by atoms with Gasteiger partial charge in [0.2, 0.25) is 0 Å². The summed E-state index contributed by atoms with van der Waals surface area (Å²) in [5, 5.41) is 2.92. The second-order valence-electron chi connectivity index (χ2n) is 5.43. The Bertz CT molecular complexity index is 496. The zero-order chi connectivity index (χ0) is 16.2. The van der Waals surface area contributed by atoms with Crippen LogP contribution in [0.2, 0.25) is 0 Å². The molecule has 3 nitrogen and oxygen atoms in total. The van der Waals surface area contributed by atoms with E-state index >= 15 is 0 Å². The fourth-order valence-corrected chi connectivity index (χ4v) is 1.70. The second kappa shape index (κ2) is 6.83. The van der Waals surface area contributed by atoms with Crippen LogP contribution < -0.4 is 5.32 Å². The highest BCUT2D eigenvalue weighted by atomic mass is 19.4. The zero-order valence-electron chi connectivity index (χ0n) is 12.5. The number of ether oxygens (including phenoxy) is 1. The van der Waals surface area contributed by atoms with Gasteiger partial charge in [0.15, 0.2) is 0 Å². The molecule has 0 bridgehead atoms. The molecule has 0 aliphatic rings. The third-order valence-corrected chi connectivity index (χ3v) is 2.71. The topological polar surface area (TPSA) is 38.3 Å². The van der Waals surface area contributed by atoms with Crippen molar-refractivity contribution in [1.82, 2.24) is 0 Å². The summed E-state index contributed by atoms with van der Waals surface area (Å²) in [6.45, 7) is 6.55. The number of esters is 1. The summed E-state index contributed by atoms with van der Waals surface area (Å²) in [7, 11) is 0. The number of alkyl halides is 3. The summed E-state index contributed by atoms with van der Waals surface area (Å²) in [6, 6.07) is 3.95. The largest absolute Gasteiger partial charge is 0.461 e. The van der Waals surface area contributed by atoms with Crippen molar-refractivity contribution in [2.75, 3.05) is 5.32 Å². The van der Waals surface area contributed by atoms with Gasteiger partial charge in [-0.05, 0) is 26.0 Å². The number of hydrogen-bond acceptors (Lipinski definition) is 3. The Labute approximate surface area is 122 Å². The highest BCUT2D eigenvalue weighted by Crippen LogP contribution is 2.34. The van der Waals surface area contributed by atoms with E-state index in [-0.39, 0.29) is 24.1 Å². The maximum absolute atomic E-state index is 13.1. The van der Waals surface area contributed by atoms with Gasteiger partial charge in [-0.25, -0.2) is 0 Å². The first-order chi connectivity index (χ1) is 9.61. The molecule has 0 heterocycles. The SMILES string of the molecule is CC(C)Nc1ccc(COC(=O)C(C)C)c(C(F)(F)F)c1. The Morgan fingerprint density at radius 2 is 1.86 bits per heavy atom. The van der Waals surface area contributed by atoms with Crippen LogP contribution in [0, 0.1) is 5.92 Å². The van der Waals surface area contributed by atoms with Gasteiger partial charge < -0.3 is 10.1 Å². The van der Waals surface area contributed by atoms with Gasteiger partial charge in [-0.3, -0.25) is 4.79 Å². The molecule has 0 amide bonds. The summed E-state index contributed by atoms with van der Waals surface area (Å²) in [5.41, 5.74) is -0.452.